The summed E-state index contributed by atoms with van der Waals surface area (Å²) in [5, 5.41) is 6.40. The van der Waals surface area contributed by atoms with Gasteiger partial charge in [0.1, 0.15) is 5.75 Å². The third kappa shape index (κ3) is 8.94. The molecule has 6 nitrogen and oxygen atoms in total. The molecule has 25 heavy (non-hydrogen) atoms. The Kier molecular flexibility index (Phi) is 12.0. The van der Waals surface area contributed by atoms with Gasteiger partial charge in [-0.2, -0.15) is 0 Å². The summed E-state index contributed by atoms with van der Waals surface area (Å²) in [6.07, 6.45) is 0.970. The van der Waals surface area contributed by atoms with Gasteiger partial charge in [0.15, 0.2) is 5.96 Å². The molecular weight excluding hydrogens is 431 g/mol. The van der Waals surface area contributed by atoms with Crippen LogP contribution in [0.5, 0.6) is 5.75 Å². The summed E-state index contributed by atoms with van der Waals surface area (Å²) in [5.74, 6) is 1.48. The molecule has 1 aromatic carbocycles. The number of para-hydroxylation sites is 1. The maximum Gasteiger partial charge on any atom is 0.241 e. The number of halogens is 1. The van der Waals surface area contributed by atoms with E-state index in [2.05, 4.69) is 29.5 Å². The maximum atomic E-state index is 11.8. The summed E-state index contributed by atoms with van der Waals surface area (Å²) in [5.41, 5.74) is 1.02. The van der Waals surface area contributed by atoms with E-state index in [1.165, 1.54) is 0 Å². The summed E-state index contributed by atoms with van der Waals surface area (Å²) in [4.78, 5) is 17.9. The molecule has 0 aromatic heterocycles. The molecule has 2 N–H and O–H groups in total. The standard InChI is InChI=1S/C18H30N4O2.HI/c1-6-14(3)21-18(20-13-17(23)22(4)5)19-12-15-10-8-9-11-16(15)24-7-2;/h8-11,14H,6-7,12-13H2,1-5H3,(H2,19,20,21);1H. The van der Waals surface area contributed by atoms with E-state index in [4.69, 9.17) is 4.74 Å². The predicted molar refractivity (Wildman–Crippen MR) is 114 cm³/mol. The minimum absolute atomic E-state index is 0. The number of hydrogen-bond donors (Lipinski definition) is 2. The molecule has 1 atom stereocenters. The van der Waals surface area contributed by atoms with Gasteiger partial charge < -0.3 is 20.3 Å². The summed E-state index contributed by atoms with van der Waals surface area (Å²) in [7, 11) is 3.47. The average Bonchev–Trinajstić information content (AvgIpc) is 2.58. The highest BCUT2D eigenvalue weighted by atomic mass is 127. The van der Waals surface area contributed by atoms with E-state index in [1.54, 1.807) is 19.0 Å². The molecule has 1 aromatic rings. The SMILES string of the molecule is CCOc1ccccc1CN=C(NCC(=O)N(C)C)NC(C)CC.I. The monoisotopic (exact) mass is 462 g/mol. The van der Waals surface area contributed by atoms with Gasteiger partial charge in [-0.3, -0.25) is 4.79 Å². The van der Waals surface area contributed by atoms with Crippen LogP contribution in [0.2, 0.25) is 0 Å². The largest absolute Gasteiger partial charge is 0.494 e. The zero-order valence-electron chi connectivity index (χ0n) is 15.8. The maximum absolute atomic E-state index is 11.8. The number of hydrogen-bond acceptors (Lipinski definition) is 3. The van der Waals surface area contributed by atoms with Crippen molar-refractivity contribution in [2.45, 2.75) is 39.8 Å². The predicted octanol–water partition coefficient (Wildman–Crippen LogP) is 2.63. The first-order valence-electron chi connectivity index (χ1n) is 8.43. The highest BCUT2D eigenvalue weighted by Crippen LogP contribution is 2.18. The normalized spacial score (nSPS) is 12.0. The van der Waals surface area contributed by atoms with E-state index in [9.17, 15) is 4.79 Å². The van der Waals surface area contributed by atoms with Gasteiger partial charge in [0.2, 0.25) is 5.91 Å². The molecule has 1 amide bonds. The first kappa shape index (κ1) is 23.5. The quantitative estimate of drug-likeness (QED) is 0.354. The van der Waals surface area contributed by atoms with Crippen molar-refractivity contribution in [1.82, 2.24) is 15.5 Å². The van der Waals surface area contributed by atoms with Gasteiger partial charge in [0.05, 0.1) is 19.7 Å². The molecule has 0 bridgehead atoms. The molecule has 0 fully saturated rings. The number of ether oxygens (including phenoxy) is 1. The van der Waals surface area contributed by atoms with Crippen molar-refractivity contribution in [2.75, 3.05) is 27.2 Å². The number of guanidine groups is 1. The summed E-state index contributed by atoms with van der Waals surface area (Å²) in [6.45, 7) is 7.46. The van der Waals surface area contributed by atoms with Gasteiger partial charge in [0, 0.05) is 25.7 Å². The van der Waals surface area contributed by atoms with E-state index in [1.807, 2.05) is 31.2 Å². The fraction of sp³-hybridized carbons (Fsp3) is 0.556. The smallest absolute Gasteiger partial charge is 0.241 e. The molecule has 0 saturated carbocycles. The summed E-state index contributed by atoms with van der Waals surface area (Å²) in [6, 6.07) is 8.13. The highest BCUT2D eigenvalue weighted by Gasteiger charge is 2.09. The highest BCUT2D eigenvalue weighted by molar-refractivity contribution is 14.0. The Hall–Kier alpha value is -1.51. The molecule has 0 radical (unpaired) electrons. The van der Waals surface area contributed by atoms with Crippen LogP contribution in [0.3, 0.4) is 0 Å². The van der Waals surface area contributed by atoms with E-state index < -0.39 is 0 Å². The van der Waals surface area contributed by atoms with Crippen LogP contribution in [0.25, 0.3) is 0 Å². The Morgan fingerprint density at radius 2 is 1.96 bits per heavy atom. The van der Waals surface area contributed by atoms with Crippen molar-refractivity contribution < 1.29 is 9.53 Å². The zero-order chi connectivity index (χ0) is 17.9. The number of rotatable bonds is 8. The Labute approximate surface area is 168 Å². The van der Waals surface area contributed by atoms with Crippen LogP contribution in [0, 0.1) is 0 Å². The number of carbonyl (C=O) groups excluding carboxylic acids is 1. The molecule has 1 unspecified atom stereocenters. The number of likely N-dealkylation sites (N-methyl/N-ethyl adjacent to an activating group) is 1. The minimum atomic E-state index is 0. The lowest BCUT2D eigenvalue weighted by Gasteiger charge is -2.18. The van der Waals surface area contributed by atoms with Crippen LogP contribution in [0.4, 0.5) is 0 Å². The Bertz CT molecular complexity index is 550. The topological polar surface area (TPSA) is 66.0 Å². The van der Waals surface area contributed by atoms with Crippen LogP contribution in [-0.4, -0.2) is 50.1 Å². The van der Waals surface area contributed by atoms with Crippen LogP contribution in [0.15, 0.2) is 29.3 Å². The molecule has 142 valence electrons. The molecule has 1 rings (SSSR count). The molecular formula is C18H31IN4O2. The van der Waals surface area contributed by atoms with E-state index >= 15 is 0 Å². The Morgan fingerprint density at radius 1 is 1.28 bits per heavy atom. The summed E-state index contributed by atoms with van der Waals surface area (Å²) < 4.78 is 5.63. The van der Waals surface area contributed by atoms with Gasteiger partial charge >= 0.3 is 0 Å². The lowest BCUT2D eigenvalue weighted by molar-refractivity contribution is -0.127. The minimum Gasteiger partial charge on any atom is -0.494 e. The number of amides is 1. The third-order valence-corrected chi connectivity index (χ3v) is 3.58. The van der Waals surface area contributed by atoms with E-state index in [0.717, 1.165) is 17.7 Å². The van der Waals surface area contributed by atoms with Gasteiger partial charge in [-0.1, -0.05) is 25.1 Å². The molecule has 0 heterocycles. The lowest BCUT2D eigenvalue weighted by atomic mass is 10.2. The molecule has 0 saturated heterocycles. The first-order chi connectivity index (χ1) is 11.5. The van der Waals surface area contributed by atoms with Crippen molar-refractivity contribution in [3.63, 3.8) is 0 Å². The second-order valence-corrected chi connectivity index (χ2v) is 5.80. The van der Waals surface area contributed by atoms with Crippen molar-refractivity contribution in [2.24, 2.45) is 4.99 Å². The van der Waals surface area contributed by atoms with Crippen molar-refractivity contribution in [3.05, 3.63) is 29.8 Å². The average molecular weight is 462 g/mol. The van der Waals surface area contributed by atoms with Crippen LogP contribution in [-0.2, 0) is 11.3 Å². The van der Waals surface area contributed by atoms with E-state index in [0.29, 0.717) is 19.1 Å². The second kappa shape index (κ2) is 12.8. The number of nitrogens with zero attached hydrogens (tertiary/aromatic N) is 2. The van der Waals surface area contributed by atoms with Gasteiger partial charge in [-0.25, -0.2) is 4.99 Å². The number of carbonyl (C=O) groups is 1. The zero-order valence-corrected chi connectivity index (χ0v) is 18.2. The van der Waals surface area contributed by atoms with Crippen LogP contribution >= 0.6 is 24.0 Å². The number of nitrogens with one attached hydrogen (secondary N) is 2. The lowest BCUT2D eigenvalue weighted by Crippen LogP contribution is -2.45. The van der Waals surface area contributed by atoms with Gasteiger partial charge in [-0.15, -0.1) is 24.0 Å². The summed E-state index contributed by atoms with van der Waals surface area (Å²) >= 11 is 0. The van der Waals surface area contributed by atoms with Crippen LogP contribution in [0.1, 0.15) is 32.8 Å². The Morgan fingerprint density at radius 3 is 2.56 bits per heavy atom. The fourth-order valence-electron chi connectivity index (χ4n) is 1.90. The van der Waals surface area contributed by atoms with Crippen molar-refractivity contribution in [1.29, 1.82) is 0 Å². The number of benzene rings is 1. The first-order valence-corrected chi connectivity index (χ1v) is 8.43. The fourth-order valence-corrected chi connectivity index (χ4v) is 1.90. The van der Waals surface area contributed by atoms with E-state index in [-0.39, 0.29) is 42.5 Å². The van der Waals surface area contributed by atoms with Gasteiger partial charge in [-0.05, 0) is 26.3 Å². The molecule has 0 aliphatic rings. The van der Waals surface area contributed by atoms with Gasteiger partial charge in [0.25, 0.3) is 0 Å². The second-order valence-electron chi connectivity index (χ2n) is 5.80. The van der Waals surface area contributed by atoms with Crippen molar-refractivity contribution in [3.8, 4) is 5.75 Å². The number of aliphatic imine (C=N–C) groups is 1. The third-order valence-electron chi connectivity index (χ3n) is 3.58. The Balaban J connectivity index is 0.00000576. The molecule has 0 spiro atoms. The molecule has 0 aliphatic carbocycles. The van der Waals surface area contributed by atoms with Crippen molar-refractivity contribution >= 4 is 35.8 Å². The molecule has 0 aliphatic heterocycles. The molecule has 7 heteroatoms. The van der Waals surface area contributed by atoms with Crippen LogP contribution < -0.4 is 15.4 Å².